The Bertz CT molecular complexity index is 225. The lowest BCUT2D eigenvalue weighted by atomic mass is 9.79. The zero-order valence-corrected chi connectivity index (χ0v) is 7.01. The molecule has 1 saturated carbocycles. The molecule has 0 heterocycles. The molecule has 0 bridgehead atoms. The molecule has 0 aromatic rings. The van der Waals surface area contributed by atoms with Crippen molar-refractivity contribution in [3.05, 3.63) is 0 Å². The Morgan fingerprint density at radius 3 is 2.15 bits per heavy atom. The summed E-state index contributed by atoms with van der Waals surface area (Å²) in [7, 11) is 0. The predicted octanol–water partition coefficient (Wildman–Crippen LogP) is -0.0672. The molecule has 0 radical (unpaired) electrons. The van der Waals surface area contributed by atoms with Gasteiger partial charge in [0.1, 0.15) is 0 Å². The molecule has 1 fully saturated rings. The third-order valence-corrected chi connectivity index (χ3v) is 2.48. The van der Waals surface area contributed by atoms with Crippen LogP contribution in [0.15, 0.2) is 0 Å². The maximum atomic E-state index is 10.6. The molecule has 3 N–H and O–H groups in total. The van der Waals surface area contributed by atoms with E-state index in [0.29, 0.717) is 6.42 Å². The molecule has 1 aliphatic carbocycles. The summed E-state index contributed by atoms with van der Waals surface area (Å²) in [4.78, 5) is 21.1. The van der Waals surface area contributed by atoms with Crippen LogP contribution in [-0.2, 0) is 9.59 Å². The van der Waals surface area contributed by atoms with Crippen molar-refractivity contribution >= 4 is 11.9 Å². The van der Waals surface area contributed by atoms with Gasteiger partial charge in [-0.25, -0.2) is 0 Å². The van der Waals surface area contributed by atoms with Crippen LogP contribution in [0.5, 0.6) is 0 Å². The fourth-order valence-electron chi connectivity index (χ4n) is 1.64. The Morgan fingerprint density at radius 1 is 1.08 bits per heavy atom. The second-order valence-electron chi connectivity index (χ2n) is 3.36. The molecule has 1 rings (SSSR count). The average molecular weight is 188 g/mol. The molecule has 0 aromatic heterocycles. The van der Waals surface area contributed by atoms with Gasteiger partial charge in [0.2, 0.25) is 0 Å². The molecule has 0 spiro atoms. The first-order chi connectivity index (χ1) is 6.02. The van der Waals surface area contributed by atoms with Gasteiger partial charge in [0.05, 0.1) is 17.9 Å². The van der Waals surface area contributed by atoms with Crippen LogP contribution in [0, 0.1) is 11.8 Å². The van der Waals surface area contributed by atoms with Gasteiger partial charge in [0, 0.05) is 0 Å². The highest BCUT2D eigenvalue weighted by atomic mass is 16.4. The number of aliphatic hydroxyl groups excluding tert-OH is 1. The predicted molar refractivity (Wildman–Crippen MR) is 42.1 cm³/mol. The molecule has 0 saturated heterocycles. The third-order valence-electron chi connectivity index (χ3n) is 2.48. The van der Waals surface area contributed by atoms with Crippen molar-refractivity contribution in [1.82, 2.24) is 0 Å². The van der Waals surface area contributed by atoms with E-state index in [-0.39, 0.29) is 12.8 Å². The molecule has 5 heteroatoms. The summed E-state index contributed by atoms with van der Waals surface area (Å²) in [6, 6.07) is 0. The highest BCUT2D eigenvalue weighted by Gasteiger charge is 2.36. The number of carboxylic acids is 2. The molecule has 13 heavy (non-hydrogen) atoms. The maximum absolute atomic E-state index is 10.6. The van der Waals surface area contributed by atoms with Crippen molar-refractivity contribution in [3.8, 4) is 0 Å². The van der Waals surface area contributed by atoms with Gasteiger partial charge in [-0.15, -0.1) is 0 Å². The zero-order valence-electron chi connectivity index (χ0n) is 7.01. The molecule has 5 nitrogen and oxygen atoms in total. The minimum Gasteiger partial charge on any atom is -0.481 e. The highest BCUT2D eigenvalue weighted by molar-refractivity contribution is 5.74. The zero-order chi connectivity index (χ0) is 10.0. The number of hydrogen-bond donors (Lipinski definition) is 3. The number of carbonyl (C=O) groups is 2. The number of aliphatic hydroxyl groups is 1. The van der Waals surface area contributed by atoms with Crippen molar-refractivity contribution in [1.29, 1.82) is 0 Å². The van der Waals surface area contributed by atoms with Gasteiger partial charge in [-0.2, -0.15) is 0 Å². The van der Waals surface area contributed by atoms with Crippen LogP contribution in [0.4, 0.5) is 0 Å². The van der Waals surface area contributed by atoms with E-state index in [1.54, 1.807) is 0 Å². The average Bonchev–Trinajstić information content (AvgIpc) is 2.04. The Hall–Kier alpha value is -1.10. The number of aliphatic carboxylic acids is 2. The lowest BCUT2D eigenvalue weighted by molar-refractivity contribution is -0.152. The SMILES string of the molecule is O=C(O)C1CCC(O)C(C(=O)O)C1. The highest BCUT2D eigenvalue weighted by Crippen LogP contribution is 2.29. The van der Waals surface area contributed by atoms with Crippen molar-refractivity contribution in [2.45, 2.75) is 25.4 Å². The monoisotopic (exact) mass is 188 g/mol. The summed E-state index contributed by atoms with van der Waals surface area (Å²) in [5, 5.41) is 26.6. The van der Waals surface area contributed by atoms with E-state index < -0.39 is 29.9 Å². The number of rotatable bonds is 2. The summed E-state index contributed by atoms with van der Waals surface area (Å²) in [6.45, 7) is 0. The Labute approximate surface area is 75.0 Å². The molecule has 74 valence electrons. The molecule has 0 amide bonds. The quantitative estimate of drug-likeness (QED) is 0.564. The van der Waals surface area contributed by atoms with Crippen molar-refractivity contribution < 1.29 is 24.9 Å². The van der Waals surface area contributed by atoms with Gasteiger partial charge in [-0.3, -0.25) is 9.59 Å². The minimum atomic E-state index is -1.11. The topological polar surface area (TPSA) is 94.8 Å². The maximum Gasteiger partial charge on any atom is 0.309 e. The molecule has 1 aliphatic rings. The van der Waals surface area contributed by atoms with Gasteiger partial charge in [0.25, 0.3) is 0 Å². The lowest BCUT2D eigenvalue weighted by Crippen LogP contribution is -2.37. The second-order valence-corrected chi connectivity index (χ2v) is 3.36. The van der Waals surface area contributed by atoms with E-state index in [1.165, 1.54) is 0 Å². The fourth-order valence-corrected chi connectivity index (χ4v) is 1.64. The van der Waals surface area contributed by atoms with Crippen LogP contribution < -0.4 is 0 Å². The molecule has 3 atom stereocenters. The summed E-state index contributed by atoms with van der Waals surface area (Å²) < 4.78 is 0. The summed E-state index contributed by atoms with van der Waals surface area (Å²) in [6.07, 6.45) is -0.242. The van der Waals surface area contributed by atoms with Crippen LogP contribution in [0.25, 0.3) is 0 Å². The van der Waals surface area contributed by atoms with Gasteiger partial charge in [0.15, 0.2) is 0 Å². The largest absolute Gasteiger partial charge is 0.481 e. The van der Waals surface area contributed by atoms with Crippen LogP contribution in [0.3, 0.4) is 0 Å². The van der Waals surface area contributed by atoms with E-state index in [4.69, 9.17) is 10.2 Å². The smallest absolute Gasteiger partial charge is 0.309 e. The number of hydrogen-bond acceptors (Lipinski definition) is 3. The molecule has 0 aliphatic heterocycles. The van der Waals surface area contributed by atoms with E-state index >= 15 is 0 Å². The summed E-state index contributed by atoms with van der Waals surface area (Å²) in [5.41, 5.74) is 0. The first-order valence-corrected chi connectivity index (χ1v) is 4.16. The second kappa shape index (κ2) is 3.74. The third kappa shape index (κ3) is 2.18. The lowest BCUT2D eigenvalue weighted by Gasteiger charge is -2.28. The number of carboxylic acid groups (broad SMARTS) is 2. The molecular formula is C8H12O5. The van der Waals surface area contributed by atoms with E-state index in [1.807, 2.05) is 0 Å². The van der Waals surface area contributed by atoms with Crippen LogP contribution in [0.2, 0.25) is 0 Å². The standard InChI is InChI=1S/C8H12O5/c9-6-2-1-4(7(10)11)3-5(6)8(12)13/h4-6,9H,1-3H2,(H,10,11)(H,12,13). The summed E-state index contributed by atoms with van der Waals surface area (Å²) >= 11 is 0. The normalized spacial score (nSPS) is 34.1. The Morgan fingerprint density at radius 2 is 1.69 bits per heavy atom. The van der Waals surface area contributed by atoms with Crippen LogP contribution in [-0.4, -0.2) is 33.4 Å². The van der Waals surface area contributed by atoms with E-state index in [9.17, 15) is 14.7 Å². The Balaban J connectivity index is 2.63. The molecular weight excluding hydrogens is 176 g/mol. The van der Waals surface area contributed by atoms with Crippen LogP contribution in [0.1, 0.15) is 19.3 Å². The van der Waals surface area contributed by atoms with E-state index in [0.717, 1.165) is 0 Å². The molecule has 0 aromatic carbocycles. The van der Waals surface area contributed by atoms with Crippen molar-refractivity contribution in [2.24, 2.45) is 11.8 Å². The first kappa shape index (κ1) is 9.98. The van der Waals surface area contributed by atoms with Gasteiger partial charge in [-0.05, 0) is 19.3 Å². The van der Waals surface area contributed by atoms with Gasteiger partial charge >= 0.3 is 11.9 Å². The first-order valence-electron chi connectivity index (χ1n) is 4.16. The van der Waals surface area contributed by atoms with Crippen molar-refractivity contribution in [2.75, 3.05) is 0 Å². The fraction of sp³-hybridized carbons (Fsp3) is 0.750. The Kier molecular flexibility index (Phi) is 2.87. The van der Waals surface area contributed by atoms with Crippen molar-refractivity contribution in [3.63, 3.8) is 0 Å². The van der Waals surface area contributed by atoms with Crippen LogP contribution >= 0.6 is 0 Å². The molecule has 3 unspecified atom stereocenters. The van der Waals surface area contributed by atoms with Gasteiger partial charge in [-0.1, -0.05) is 0 Å². The minimum absolute atomic E-state index is 0.0336. The van der Waals surface area contributed by atoms with Gasteiger partial charge < -0.3 is 15.3 Å². The summed E-state index contributed by atoms with van der Waals surface area (Å²) in [5.74, 6) is -3.63. The van der Waals surface area contributed by atoms with E-state index in [2.05, 4.69) is 0 Å².